The van der Waals surface area contributed by atoms with Crippen LogP contribution in [-0.2, 0) is 38.4 Å². The summed E-state index contributed by atoms with van der Waals surface area (Å²) in [7, 11) is 11.1. The maximum absolute atomic E-state index is 12.6. The second-order valence-corrected chi connectivity index (χ2v) is 9.67. The van der Waals surface area contributed by atoms with Gasteiger partial charge in [-0.3, -0.25) is 38.4 Å². The molecule has 0 saturated heterocycles. The van der Waals surface area contributed by atoms with Gasteiger partial charge >= 0.3 is 5.97 Å². The molecule has 0 aliphatic heterocycles. The first kappa shape index (κ1) is 36.7. The van der Waals surface area contributed by atoms with Crippen LogP contribution >= 0.6 is 0 Å². The Morgan fingerprint density at radius 1 is 0.415 bits per heavy atom. The number of likely N-dealkylation sites (N-methyl/N-ethyl adjacent to an activating group) is 8. The molecule has 0 spiro atoms. The lowest BCUT2D eigenvalue weighted by molar-refractivity contribution is -0.146. The molecule has 0 aromatic heterocycles. The summed E-state index contributed by atoms with van der Waals surface area (Å²) < 4.78 is 0. The Balaban J connectivity index is 4.75. The number of aliphatic carboxylic acids is 1. The largest absolute Gasteiger partial charge is 0.480 e. The molecule has 0 atom stereocenters. The molecule has 0 heterocycles. The third-order valence-electron chi connectivity index (χ3n) is 5.92. The number of rotatable bonds is 16. The van der Waals surface area contributed by atoms with Gasteiger partial charge < -0.3 is 44.7 Å². The summed E-state index contributed by atoms with van der Waals surface area (Å²) in [5.74, 6) is -4.80. The van der Waals surface area contributed by atoms with E-state index in [-0.39, 0.29) is 51.7 Å². The third kappa shape index (κ3) is 13.6. The summed E-state index contributed by atoms with van der Waals surface area (Å²) in [6, 6.07) is 0. The highest BCUT2D eigenvalue weighted by molar-refractivity contribution is 5.92. The highest BCUT2D eigenvalue weighted by Crippen LogP contribution is 1.99. The van der Waals surface area contributed by atoms with E-state index in [9.17, 15) is 38.4 Å². The molecule has 0 aliphatic carbocycles. The number of nitrogens with zero attached hydrogens (tertiary/aromatic N) is 7. The summed E-state index contributed by atoms with van der Waals surface area (Å²) in [5, 5.41) is 11.4. The number of carboxylic acid groups (broad SMARTS) is 1. The lowest BCUT2D eigenvalue weighted by Gasteiger charge is -2.27. The van der Waals surface area contributed by atoms with Crippen molar-refractivity contribution in [3.8, 4) is 0 Å². The van der Waals surface area contributed by atoms with Crippen molar-refractivity contribution in [1.82, 2.24) is 39.6 Å². The molecule has 0 aromatic carbocycles. The van der Waals surface area contributed by atoms with Crippen LogP contribution in [-0.4, -0.2) is 195 Å². The maximum Gasteiger partial charge on any atom is 0.323 e. The Morgan fingerprint density at radius 2 is 0.610 bits per heavy atom. The summed E-state index contributed by atoms with van der Waals surface area (Å²) in [6.45, 7) is -2.54. The molecule has 17 nitrogen and oxygen atoms in total. The van der Waals surface area contributed by atoms with E-state index in [0.29, 0.717) is 0 Å². The molecule has 232 valence electrons. The summed E-state index contributed by atoms with van der Waals surface area (Å²) >= 11 is 0. The number of hydrogen-bond acceptors (Lipinski definition) is 9. The number of nitrogens with one attached hydrogen (secondary N) is 1. The Kier molecular flexibility index (Phi) is 15.6. The van der Waals surface area contributed by atoms with E-state index in [1.165, 1.54) is 54.2 Å². The highest BCUT2D eigenvalue weighted by atomic mass is 16.4. The van der Waals surface area contributed by atoms with Crippen molar-refractivity contribution >= 4 is 47.3 Å². The highest BCUT2D eigenvalue weighted by Gasteiger charge is 2.24. The zero-order valence-corrected chi connectivity index (χ0v) is 25.0. The molecule has 0 aliphatic rings. The first-order valence-corrected chi connectivity index (χ1v) is 12.4. The van der Waals surface area contributed by atoms with Gasteiger partial charge in [-0.25, -0.2) is 0 Å². The molecule has 0 fully saturated rings. The van der Waals surface area contributed by atoms with Crippen LogP contribution in [0.4, 0.5) is 0 Å². The Bertz CT molecular complexity index is 1010. The van der Waals surface area contributed by atoms with Crippen molar-refractivity contribution in [3.63, 3.8) is 0 Å². The Morgan fingerprint density at radius 3 is 0.805 bits per heavy atom. The first-order chi connectivity index (χ1) is 18.9. The molecule has 0 bridgehead atoms. The monoisotopic (exact) mass is 586 g/mol. The fourth-order valence-electron chi connectivity index (χ4n) is 3.05. The van der Waals surface area contributed by atoms with Gasteiger partial charge in [0.05, 0.1) is 45.8 Å². The molecule has 0 radical (unpaired) electrons. The quantitative estimate of drug-likeness (QED) is 0.178. The van der Waals surface area contributed by atoms with Crippen LogP contribution in [0.3, 0.4) is 0 Å². The number of carbonyl (C=O) groups is 8. The summed E-state index contributed by atoms with van der Waals surface area (Å²) in [5.41, 5.74) is 0. The lowest BCUT2D eigenvalue weighted by Crippen LogP contribution is -2.49. The standard InChI is InChI=1S/C24H42N8O9/c1-25-9-17(33)26(2)10-18(34)27(3)11-19(35)28(4)12-20(36)29(5)13-21(37)30(6)14-22(38)31(7)15-23(39)32(8)16-24(40)41/h25H,9-16H2,1-8H3,(H,40,41). The van der Waals surface area contributed by atoms with Crippen molar-refractivity contribution in [3.05, 3.63) is 0 Å². The van der Waals surface area contributed by atoms with Crippen molar-refractivity contribution in [2.75, 3.05) is 109 Å². The second kappa shape index (κ2) is 17.4. The van der Waals surface area contributed by atoms with Crippen LogP contribution in [0.5, 0.6) is 0 Å². The van der Waals surface area contributed by atoms with Gasteiger partial charge in [-0.1, -0.05) is 0 Å². The maximum atomic E-state index is 12.6. The van der Waals surface area contributed by atoms with Crippen molar-refractivity contribution in [1.29, 1.82) is 0 Å². The van der Waals surface area contributed by atoms with Gasteiger partial charge in [-0.15, -0.1) is 0 Å². The number of carbonyl (C=O) groups excluding carboxylic acids is 7. The SMILES string of the molecule is CNCC(=O)N(C)CC(=O)N(C)CC(=O)N(C)CC(=O)N(C)CC(=O)N(C)CC(=O)N(C)CC(=O)N(C)CC(=O)O. The van der Waals surface area contributed by atoms with E-state index in [1.54, 1.807) is 7.05 Å². The fourth-order valence-corrected chi connectivity index (χ4v) is 3.05. The van der Waals surface area contributed by atoms with Crippen molar-refractivity contribution in [2.24, 2.45) is 0 Å². The minimum atomic E-state index is -1.20. The topological polar surface area (TPSA) is 192 Å². The van der Waals surface area contributed by atoms with Gasteiger partial charge in [0.1, 0.15) is 6.54 Å². The van der Waals surface area contributed by atoms with Crippen molar-refractivity contribution < 1.29 is 43.5 Å². The molecule has 0 saturated carbocycles. The van der Waals surface area contributed by atoms with E-state index >= 15 is 0 Å². The van der Waals surface area contributed by atoms with Crippen LogP contribution in [0.25, 0.3) is 0 Å². The van der Waals surface area contributed by atoms with E-state index in [2.05, 4.69) is 5.32 Å². The Labute approximate surface area is 239 Å². The van der Waals surface area contributed by atoms with Gasteiger partial charge in [-0.05, 0) is 7.05 Å². The molecular weight excluding hydrogens is 544 g/mol. The molecule has 2 N–H and O–H groups in total. The van der Waals surface area contributed by atoms with Crippen LogP contribution in [0.1, 0.15) is 0 Å². The minimum absolute atomic E-state index is 0.0610. The summed E-state index contributed by atoms with van der Waals surface area (Å²) in [4.78, 5) is 105. The van der Waals surface area contributed by atoms with Crippen molar-refractivity contribution in [2.45, 2.75) is 0 Å². The van der Waals surface area contributed by atoms with Crippen LogP contribution in [0.15, 0.2) is 0 Å². The molecule has 17 heteroatoms. The molecule has 0 unspecified atom stereocenters. The van der Waals surface area contributed by atoms with E-state index < -0.39 is 48.0 Å². The summed E-state index contributed by atoms with van der Waals surface area (Å²) in [6.07, 6.45) is 0. The average molecular weight is 587 g/mol. The normalized spacial score (nSPS) is 10.2. The fraction of sp³-hybridized carbons (Fsp3) is 0.667. The molecule has 7 amide bonds. The third-order valence-corrected chi connectivity index (χ3v) is 5.92. The molecule has 41 heavy (non-hydrogen) atoms. The van der Waals surface area contributed by atoms with Gasteiger partial charge in [-0.2, -0.15) is 0 Å². The van der Waals surface area contributed by atoms with Gasteiger partial charge in [0.15, 0.2) is 0 Å². The molecule has 0 aromatic rings. The number of amides is 7. The van der Waals surface area contributed by atoms with Crippen LogP contribution < -0.4 is 5.32 Å². The molecular formula is C24H42N8O9. The van der Waals surface area contributed by atoms with Crippen LogP contribution in [0, 0.1) is 0 Å². The first-order valence-electron chi connectivity index (χ1n) is 12.4. The number of carboxylic acids is 1. The smallest absolute Gasteiger partial charge is 0.323 e. The Hall–Kier alpha value is -4.28. The average Bonchev–Trinajstić information content (AvgIpc) is 2.87. The zero-order valence-electron chi connectivity index (χ0n) is 25.0. The van der Waals surface area contributed by atoms with E-state index in [0.717, 1.165) is 29.4 Å². The van der Waals surface area contributed by atoms with Gasteiger partial charge in [0.2, 0.25) is 41.4 Å². The lowest BCUT2D eigenvalue weighted by atomic mass is 10.3. The molecule has 0 rings (SSSR count). The predicted octanol–water partition coefficient (Wildman–Crippen LogP) is -4.50. The zero-order chi connectivity index (χ0) is 32.0. The minimum Gasteiger partial charge on any atom is -0.480 e. The van der Waals surface area contributed by atoms with Crippen LogP contribution in [0.2, 0.25) is 0 Å². The van der Waals surface area contributed by atoms with Gasteiger partial charge in [0.25, 0.3) is 0 Å². The predicted molar refractivity (Wildman–Crippen MR) is 145 cm³/mol. The van der Waals surface area contributed by atoms with E-state index in [1.807, 2.05) is 0 Å². The second-order valence-electron chi connectivity index (χ2n) is 9.67. The van der Waals surface area contributed by atoms with E-state index in [4.69, 9.17) is 5.11 Å². The number of hydrogen-bond donors (Lipinski definition) is 2. The van der Waals surface area contributed by atoms with Gasteiger partial charge in [0, 0.05) is 49.3 Å².